The van der Waals surface area contributed by atoms with Crippen LogP contribution < -0.4 is 5.43 Å². The van der Waals surface area contributed by atoms with Crippen LogP contribution in [0.5, 0.6) is 0 Å². The van der Waals surface area contributed by atoms with E-state index in [0.717, 1.165) is 61.2 Å². The molecule has 0 radical (unpaired) electrons. The minimum atomic E-state index is -0.544. The van der Waals surface area contributed by atoms with Gasteiger partial charge in [-0.15, -0.1) is 0 Å². The van der Waals surface area contributed by atoms with Gasteiger partial charge in [0.25, 0.3) is 0 Å². The van der Waals surface area contributed by atoms with E-state index in [-0.39, 0.29) is 28.6 Å². The molecule has 3 fully saturated rings. The van der Waals surface area contributed by atoms with Crippen LogP contribution in [0.25, 0.3) is 11.4 Å². The molecule has 2 saturated heterocycles. The fourth-order valence-electron chi connectivity index (χ4n) is 7.64. The molecule has 0 bridgehead atoms. The molecule has 1 aromatic carbocycles. The van der Waals surface area contributed by atoms with Crippen LogP contribution in [0.15, 0.2) is 47.5 Å². The number of amides is 2. The summed E-state index contributed by atoms with van der Waals surface area (Å²) in [5, 5.41) is 4.46. The van der Waals surface area contributed by atoms with Gasteiger partial charge in [0.2, 0.25) is 0 Å². The first-order valence-electron chi connectivity index (χ1n) is 15.7. The van der Waals surface area contributed by atoms with Crippen LogP contribution in [0, 0.1) is 11.6 Å². The Labute approximate surface area is 257 Å². The first kappa shape index (κ1) is 30.5. The highest BCUT2D eigenvalue weighted by Crippen LogP contribution is 2.41. The van der Waals surface area contributed by atoms with E-state index in [0.29, 0.717) is 39.1 Å². The van der Waals surface area contributed by atoms with Crippen LogP contribution in [0.4, 0.5) is 13.6 Å². The zero-order valence-corrected chi connectivity index (χ0v) is 26.2. The lowest BCUT2D eigenvalue weighted by Crippen LogP contribution is -2.64. The molecular formula is C33H43F2N7O2. The van der Waals surface area contributed by atoms with E-state index in [1.54, 1.807) is 15.6 Å². The molecular weight excluding hydrogens is 564 g/mol. The smallest absolute Gasteiger partial charge is 0.320 e. The number of carbonyl (C=O) groups is 1. The highest BCUT2D eigenvalue weighted by atomic mass is 19.1. The number of hydrogen-bond donors (Lipinski definition) is 0. The molecule has 2 atom stereocenters. The summed E-state index contributed by atoms with van der Waals surface area (Å²) in [5.41, 5.74) is 2.26. The summed E-state index contributed by atoms with van der Waals surface area (Å²) in [4.78, 5) is 35.7. The second-order valence-electron chi connectivity index (χ2n) is 13.1. The number of aromatic nitrogens is 3. The molecule has 11 heteroatoms. The van der Waals surface area contributed by atoms with E-state index in [1.807, 2.05) is 56.1 Å². The SMILES string of the molecule is CN(C)[C@@H]1CCN(C(=O)N2CCN(Cc3cn(C)c(-c4ccn(C)n4)cc3=O)C3(CCCC3)C2)[C@H](c2cc(F)ccc2F)C1. The van der Waals surface area contributed by atoms with E-state index < -0.39 is 17.7 Å². The molecule has 2 amide bonds. The summed E-state index contributed by atoms with van der Waals surface area (Å²) < 4.78 is 33.1. The van der Waals surface area contributed by atoms with Crippen LogP contribution in [0.1, 0.15) is 55.7 Å². The molecule has 236 valence electrons. The molecule has 0 N–H and O–H groups in total. The summed E-state index contributed by atoms with van der Waals surface area (Å²) in [5.74, 6) is -0.986. The average molecular weight is 608 g/mol. The monoisotopic (exact) mass is 607 g/mol. The number of rotatable bonds is 5. The third-order valence-corrected chi connectivity index (χ3v) is 10.1. The molecule has 9 nitrogen and oxygen atoms in total. The van der Waals surface area contributed by atoms with Crippen molar-refractivity contribution in [3.05, 3.63) is 75.7 Å². The zero-order chi connectivity index (χ0) is 31.2. The summed E-state index contributed by atoms with van der Waals surface area (Å²) in [6.07, 6.45) is 9.14. The van der Waals surface area contributed by atoms with Crippen LogP contribution in [-0.4, -0.2) is 91.8 Å². The van der Waals surface area contributed by atoms with Gasteiger partial charge in [-0.3, -0.25) is 14.4 Å². The summed E-state index contributed by atoms with van der Waals surface area (Å²) in [6, 6.07) is 6.60. The van der Waals surface area contributed by atoms with Crippen molar-refractivity contribution < 1.29 is 13.6 Å². The Balaban J connectivity index is 1.23. The Morgan fingerprint density at radius 2 is 1.84 bits per heavy atom. The number of halogens is 2. The quantitative estimate of drug-likeness (QED) is 0.431. The Morgan fingerprint density at radius 3 is 2.55 bits per heavy atom. The van der Waals surface area contributed by atoms with Crippen LogP contribution >= 0.6 is 0 Å². The Morgan fingerprint density at radius 1 is 1.07 bits per heavy atom. The highest BCUT2D eigenvalue weighted by molar-refractivity contribution is 5.75. The largest absolute Gasteiger partial charge is 0.349 e. The Kier molecular flexibility index (Phi) is 8.36. The summed E-state index contributed by atoms with van der Waals surface area (Å²) in [7, 11) is 7.77. The number of piperidine rings is 1. The Hall–Kier alpha value is -3.57. The Bertz CT molecular complexity index is 1580. The van der Waals surface area contributed by atoms with E-state index in [2.05, 4.69) is 14.9 Å². The molecule has 6 rings (SSSR count). The van der Waals surface area contributed by atoms with Gasteiger partial charge in [-0.05, 0) is 64.0 Å². The maximum absolute atomic E-state index is 15.1. The van der Waals surface area contributed by atoms with Crippen molar-refractivity contribution in [3.63, 3.8) is 0 Å². The van der Waals surface area contributed by atoms with Crippen LogP contribution in [0.2, 0.25) is 0 Å². The van der Waals surface area contributed by atoms with Crippen molar-refractivity contribution in [1.82, 2.24) is 33.9 Å². The van der Waals surface area contributed by atoms with Crippen molar-refractivity contribution >= 4 is 6.03 Å². The number of aryl methyl sites for hydroxylation is 2. The molecule has 4 heterocycles. The number of carbonyl (C=O) groups excluding carboxylic acids is 1. The van der Waals surface area contributed by atoms with Gasteiger partial charge >= 0.3 is 6.03 Å². The van der Waals surface area contributed by atoms with Gasteiger partial charge in [-0.1, -0.05) is 12.8 Å². The molecule has 44 heavy (non-hydrogen) atoms. The minimum Gasteiger partial charge on any atom is -0.349 e. The van der Waals surface area contributed by atoms with Crippen molar-refractivity contribution in [2.45, 2.75) is 62.7 Å². The van der Waals surface area contributed by atoms with Crippen LogP contribution in [0.3, 0.4) is 0 Å². The number of piperazine rings is 1. The lowest BCUT2D eigenvalue weighted by atomic mass is 9.89. The van der Waals surface area contributed by atoms with E-state index >= 15 is 4.39 Å². The van der Waals surface area contributed by atoms with Crippen molar-refractivity contribution in [1.29, 1.82) is 0 Å². The summed E-state index contributed by atoms with van der Waals surface area (Å²) >= 11 is 0. The first-order chi connectivity index (χ1) is 21.0. The minimum absolute atomic E-state index is 0.0147. The normalized spacial score (nSPS) is 22.3. The molecule has 3 aromatic rings. The molecule has 0 unspecified atom stereocenters. The first-order valence-corrected chi connectivity index (χ1v) is 15.7. The predicted octanol–water partition coefficient (Wildman–Crippen LogP) is 4.38. The molecule has 1 saturated carbocycles. The summed E-state index contributed by atoms with van der Waals surface area (Å²) in [6.45, 7) is 2.71. The number of urea groups is 1. The number of benzene rings is 1. The van der Waals surface area contributed by atoms with Crippen LogP contribution in [-0.2, 0) is 20.6 Å². The fourth-order valence-corrected chi connectivity index (χ4v) is 7.64. The van der Waals surface area contributed by atoms with Gasteiger partial charge in [0.1, 0.15) is 17.3 Å². The molecule has 3 aliphatic rings. The number of pyridine rings is 1. The van der Waals surface area contributed by atoms with Crippen molar-refractivity contribution in [2.24, 2.45) is 14.1 Å². The van der Waals surface area contributed by atoms with E-state index in [1.165, 1.54) is 6.07 Å². The molecule has 1 spiro atoms. The number of nitrogens with zero attached hydrogens (tertiary/aromatic N) is 7. The predicted molar refractivity (Wildman–Crippen MR) is 165 cm³/mol. The second kappa shape index (κ2) is 12.1. The van der Waals surface area contributed by atoms with Crippen molar-refractivity contribution in [3.8, 4) is 11.4 Å². The zero-order valence-electron chi connectivity index (χ0n) is 26.2. The number of likely N-dealkylation sites (tertiary alicyclic amines) is 1. The highest BCUT2D eigenvalue weighted by Gasteiger charge is 2.47. The van der Waals surface area contributed by atoms with Gasteiger partial charge in [-0.25, -0.2) is 13.6 Å². The third kappa shape index (κ3) is 5.79. The standard InChI is InChI=1S/C33H43F2N7O2/c1-37(2)25-9-14-42(29(18-25)26-17-24(34)7-8-27(26)35)32(44)40-15-16-41(33(22-40)11-5-6-12-33)21-23-20-38(3)30(19-31(23)43)28-10-13-39(4)36-28/h7-8,10,13,17,19-20,25,29H,5-6,9,11-12,14-16,18,21-22H2,1-4H3/t25-,29+/m1/s1. The van der Waals surface area contributed by atoms with Gasteiger partial charge in [0.05, 0.1) is 11.7 Å². The van der Waals surface area contributed by atoms with Gasteiger partial charge in [0, 0.05) is 88.0 Å². The van der Waals surface area contributed by atoms with E-state index in [4.69, 9.17) is 0 Å². The maximum atomic E-state index is 15.1. The topological polar surface area (TPSA) is 69.8 Å². The lowest BCUT2D eigenvalue weighted by molar-refractivity contribution is -0.00418. The molecule has 2 aliphatic heterocycles. The second-order valence-corrected chi connectivity index (χ2v) is 13.1. The van der Waals surface area contributed by atoms with Gasteiger partial charge in [-0.2, -0.15) is 5.10 Å². The lowest BCUT2D eigenvalue weighted by Gasteiger charge is -2.51. The molecule has 1 aliphatic carbocycles. The average Bonchev–Trinajstić information content (AvgIpc) is 3.65. The third-order valence-electron chi connectivity index (χ3n) is 10.1. The van der Waals surface area contributed by atoms with Gasteiger partial charge < -0.3 is 19.3 Å². The maximum Gasteiger partial charge on any atom is 0.320 e. The fraction of sp³-hybridized carbons (Fsp3) is 0.545. The molecule has 2 aromatic heterocycles. The number of hydrogen-bond acceptors (Lipinski definition) is 5. The van der Waals surface area contributed by atoms with Gasteiger partial charge in [0.15, 0.2) is 5.43 Å². The van der Waals surface area contributed by atoms with E-state index in [9.17, 15) is 14.0 Å². The van der Waals surface area contributed by atoms with Crippen molar-refractivity contribution in [2.75, 3.05) is 40.3 Å².